The van der Waals surface area contributed by atoms with Crippen molar-refractivity contribution in [3.63, 3.8) is 0 Å². The van der Waals surface area contributed by atoms with Crippen molar-refractivity contribution in [1.82, 2.24) is 4.98 Å². The number of nitrogens with one attached hydrogen (secondary N) is 1. The Morgan fingerprint density at radius 3 is 2.56 bits per heavy atom. The highest BCUT2D eigenvalue weighted by Crippen LogP contribution is 2.34. The number of benzene rings is 1. The minimum Gasteiger partial charge on any atom is -0.389 e. The van der Waals surface area contributed by atoms with Crippen LogP contribution in [0.2, 0.25) is 5.02 Å². The van der Waals surface area contributed by atoms with Gasteiger partial charge in [-0.15, -0.1) is 0 Å². The Morgan fingerprint density at radius 1 is 1.28 bits per heavy atom. The maximum Gasteiger partial charge on any atom is 0.416 e. The molecule has 0 saturated carbocycles. The van der Waals surface area contributed by atoms with Gasteiger partial charge in [0.1, 0.15) is 5.00 Å². The average Bonchev–Trinajstić information content (AvgIpc) is 2.61. The summed E-state index contributed by atoms with van der Waals surface area (Å²) >= 11 is 6.78. The van der Waals surface area contributed by atoms with Gasteiger partial charge in [0, 0.05) is 10.7 Å². The van der Waals surface area contributed by atoms with Crippen LogP contribution in [0.5, 0.6) is 0 Å². The van der Waals surface area contributed by atoms with E-state index in [1.165, 1.54) is 12.3 Å². The lowest BCUT2D eigenvalue weighted by Crippen LogP contribution is -2.05. The van der Waals surface area contributed by atoms with Crippen molar-refractivity contribution < 1.29 is 13.2 Å². The van der Waals surface area contributed by atoms with Gasteiger partial charge in [-0.3, -0.25) is 0 Å². The van der Waals surface area contributed by atoms with E-state index in [9.17, 15) is 13.2 Å². The summed E-state index contributed by atoms with van der Waals surface area (Å²) in [5.41, 5.74) is 4.87. The van der Waals surface area contributed by atoms with Gasteiger partial charge in [-0.1, -0.05) is 22.9 Å². The van der Waals surface area contributed by atoms with Crippen LogP contribution in [-0.2, 0) is 6.18 Å². The number of halogens is 4. The summed E-state index contributed by atoms with van der Waals surface area (Å²) in [5, 5.41) is 3.59. The molecule has 18 heavy (non-hydrogen) atoms. The van der Waals surface area contributed by atoms with Gasteiger partial charge in [-0.25, -0.2) is 4.98 Å². The first-order valence-corrected chi connectivity index (χ1v) is 5.90. The normalized spacial score (nSPS) is 11.6. The van der Waals surface area contributed by atoms with Gasteiger partial charge in [-0.2, -0.15) is 13.2 Å². The van der Waals surface area contributed by atoms with Crippen LogP contribution in [0.15, 0.2) is 24.4 Å². The first-order valence-electron chi connectivity index (χ1n) is 4.71. The average molecular weight is 294 g/mol. The molecule has 0 aliphatic heterocycles. The van der Waals surface area contributed by atoms with Crippen LogP contribution in [0.1, 0.15) is 5.56 Å². The van der Waals surface area contributed by atoms with Gasteiger partial charge in [0.15, 0.2) is 5.13 Å². The zero-order valence-corrected chi connectivity index (χ0v) is 10.3. The van der Waals surface area contributed by atoms with Gasteiger partial charge < -0.3 is 11.1 Å². The van der Waals surface area contributed by atoms with E-state index < -0.39 is 11.7 Å². The van der Waals surface area contributed by atoms with E-state index in [-0.39, 0.29) is 10.7 Å². The highest BCUT2D eigenvalue weighted by molar-refractivity contribution is 7.19. The molecular formula is C10H7ClF3N3S. The minimum absolute atomic E-state index is 0.00291. The number of alkyl halides is 3. The molecule has 3 nitrogen and oxygen atoms in total. The molecule has 1 aromatic heterocycles. The predicted molar refractivity (Wildman–Crippen MR) is 66.3 cm³/mol. The largest absolute Gasteiger partial charge is 0.416 e. The topological polar surface area (TPSA) is 50.9 Å². The zero-order valence-electron chi connectivity index (χ0n) is 8.75. The molecule has 0 bridgehead atoms. The molecular weight excluding hydrogens is 287 g/mol. The van der Waals surface area contributed by atoms with E-state index >= 15 is 0 Å². The van der Waals surface area contributed by atoms with Crippen LogP contribution < -0.4 is 11.1 Å². The van der Waals surface area contributed by atoms with Crippen molar-refractivity contribution in [3.8, 4) is 0 Å². The second-order valence-electron chi connectivity index (χ2n) is 3.42. The Labute approximate surface area is 109 Å². The highest BCUT2D eigenvalue weighted by atomic mass is 35.5. The van der Waals surface area contributed by atoms with Crippen molar-refractivity contribution >= 4 is 38.8 Å². The molecule has 0 radical (unpaired) electrons. The van der Waals surface area contributed by atoms with E-state index in [1.807, 2.05) is 0 Å². The molecule has 2 aromatic rings. The smallest absolute Gasteiger partial charge is 0.389 e. The quantitative estimate of drug-likeness (QED) is 0.875. The minimum atomic E-state index is -4.44. The SMILES string of the molecule is Nc1cnc(Nc2cc(Cl)cc(C(F)(F)F)c2)s1. The molecule has 0 aliphatic rings. The van der Waals surface area contributed by atoms with Crippen LogP contribution in [0.4, 0.5) is 29.0 Å². The number of thiazole rings is 1. The van der Waals surface area contributed by atoms with E-state index in [4.69, 9.17) is 17.3 Å². The Kier molecular flexibility index (Phi) is 3.36. The van der Waals surface area contributed by atoms with E-state index in [0.29, 0.717) is 10.1 Å². The van der Waals surface area contributed by atoms with E-state index in [1.54, 1.807) is 0 Å². The number of aromatic nitrogens is 1. The molecule has 0 fully saturated rings. The molecule has 0 saturated heterocycles. The molecule has 0 amide bonds. The van der Waals surface area contributed by atoms with Crippen LogP contribution in [-0.4, -0.2) is 4.98 Å². The summed E-state index contributed by atoms with van der Waals surface area (Å²) in [7, 11) is 0. The molecule has 3 N–H and O–H groups in total. The highest BCUT2D eigenvalue weighted by Gasteiger charge is 2.31. The van der Waals surface area contributed by atoms with Gasteiger partial charge >= 0.3 is 6.18 Å². The number of nitrogens with zero attached hydrogens (tertiary/aromatic N) is 1. The van der Waals surface area contributed by atoms with Crippen molar-refractivity contribution in [1.29, 1.82) is 0 Å². The van der Waals surface area contributed by atoms with Crippen molar-refractivity contribution in [3.05, 3.63) is 35.0 Å². The fourth-order valence-electron chi connectivity index (χ4n) is 1.29. The van der Waals surface area contributed by atoms with E-state index in [0.717, 1.165) is 23.5 Å². The molecule has 0 aliphatic carbocycles. The Bertz CT molecular complexity index is 568. The predicted octanol–water partition coefficient (Wildman–Crippen LogP) is 4.14. The lowest BCUT2D eigenvalue weighted by atomic mass is 10.2. The molecule has 2 rings (SSSR count). The lowest BCUT2D eigenvalue weighted by molar-refractivity contribution is -0.137. The summed E-state index contributed by atoms with van der Waals surface area (Å²) in [6.07, 6.45) is -3.02. The third-order valence-electron chi connectivity index (χ3n) is 2.00. The summed E-state index contributed by atoms with van der Waals surface area (Å²) in [5.74, 6) is 0. The maximum atomic E-state index is 12.6. The van der Waals surface area contributed by atoms with Gasteiger partial charge in [0.2, 0.25) is 0 Å². The van der Waals surface area contributed by atoms with Crippen LogP contribution in [0, 0.1) is 0 Å². The summed E-state index contributed by atoms with van der Waals surface area (Å²) in [6, 6.07) is 3.21. The Balaban J connectivity index is 2.31. The molecule has 0 unspecified atom stereocenters. The molecule has 1 heterocycles. The van der Waals surface area contributed by atoms with Crippen molar-refractivity contribution in [2.24, 2.45) is 0 Å². The second-order valence-corrected chi connectivity index (χ2v) is 4.92. The van der Waals surface area contributed by atoms with Gasteiger partial charge in [-0.05, 0) is 18.2 Å². The van der Waals surface area contributed by atoms with Crippen molar-refractivity contribution in [2.75, 3.05) is 11.1 Å². The number of rotatable bonds is 2. The third kappa shape index (κ3) is 3.05. The van der Waals surface area contributed by atoms with Crippen molar-refractivity contribution in [2.45, 2.75) is 6.18 Å². The zero-order chi connectivity index (χ0) is 13.3. The first kappa shape index (κ1) is 13.0. The number of hydrogen-bond acceptors (Lipinski definition) is 4. The molecule has 96 valence electrons. The van der Waals surface area contributed by atoms with Crippen LogP contribution in [0.3, 0.4) is 0 Å². The van der Waals surface area contributed by atoms with Gasteiger partial charge in [0.05, 0.1) is 11.8 Å². The van der Waals surface area contributed by atoms with Crippen LogP contribution in [0.25, 0.3) is 0 Å². The third-order valence-corrected chi connectivity index (χ3v) is 2.96. The molecule has 0 spiro atoms. The molecule has 0 atom stereocenters. The summed E-state index contributed by atoms with van der Waals surface area (Å²) < 4.78 is 37.7. The standard InChI is InChI=1S/C10H7ClF3N3S/c11-6-1-5(10(12,13)14)2-7(3-6)17-9-16-4-8(15)18-9/h1-4H,15H2,(H,16,17). The Hall–Kier alpha value is -1.47. The second kappa shape index (κ2) is 4.66. The maximum absolute atomic E-state index is 12.6. The van der Waals surface area contributed by atoms with E-state index in [2.05, 4.69) is 10.3 Å². The van der Waals surface area contributed by atoms with Gasteiger partial charge in [0.25, 0.3) is 0 Å². The molecule has 1 aromatic carbocycles. The number of hydrogen-bond donors (Lipinski definition) is 2. The first-order chi connectivity index (χ1) is 8.34. The summed E-state index contributed by atoms with van der Waals surface area (Å²) in [4.78, 5) is 3.89. The Morgan fingerprint density at radius 2 is 2.00 bits per heavy atom. The fraction of sp³-hybridized carbons (Fsp3) is 0.100. The molecule has 8 heteroatoms. The number of anilines is 3. The summed E-state index contributed by atoms with van der Waals surface area (Å²) in [6.45, 7) is 0. The number of nitrogen functional groups attached to an aromatic ring is 1. The monoisotopic (exact) mass is 293 g/mol. The van der Waals surface area contributed by atoms with Crippen LogP contribution >= 0.6 is 22.9 Å². The lowest BCUT2D eigenvalue weighted by Gasteiger charge is -2.10. The fourth-order valence-corrected chi connectivity index (χ4v) is 2.13. The number of nitrogens with two attached hydrogens (primary N) is 1.